The summed E-state index contributed by atoms with van der Waals surface area (Å²) < 4.78 is 59.5. The van der Waals surface area contributed by atoms with Crippen LogP contribution in [-0.4, -0.2) is 67.4 Å². The van der Waals surface area contributed by atoms with Gasteiger partial charge in [-0.1, -0.05) is 12.8 Å². The normalized spacial score (nSPS) is 22.8. The number of aromatic nitrogens is 2. The minimum atomic E-state index is -3.82. The van der Waals surface area contributed by atoms with Crippen molar-refractivity contribution in [1.29, 1.82) is 0 Å². The highest BCUT2D eigenvalue weighted by Crippen LogP contribution is 2.39. The molecule has 0 aromatic carbocycles. The van der Waals surface area contributed by atoms with Gasteiger partial charge in [-0.2, -0.15) is 5.10 Å². The summed E-state index contributed by atoms with van der Waals surface area (Å²) in [5, 5.41) is 3.73. The summed E-state index contributed by atoms with van der Waals surface area (Å²) >= 11 is 0. The minimum Gasteiger partial charge on any atom is -0.379 e. The summed E-state index contributed by atoms with van der Waals surface area (Å²) in [6.07, 6.45) is 3.68. The molecular weight excluding hydrogens is 366 g/mol. The number of rotatable bonds is 7. The lowest BCUT2D eigenvalue weighted by Crippen LogP contribution is -2.62. The van der Waals surface area contributed by atoms with Gasteiger partial charge in [-0.15, -0.1) is 0 Å². The van der Waals surface area contributed by atoms with E-state index in [0.29, 0.717) is 13.2 Å². The van der Waals surface area contributed by atoms with Gasteiger partial charge in [-0.3, -0.25) is 9.58 Å². The zero-order valence-corrected chi connectivity index (χ0v) is 15.7. The molecule has 0 radical (unpaired) electrons. The Hall–Kier alpha value is -1.10. The smallest absolute Gasteiger partial charge is 0.257 e. The fourth-order valence-electron chi connectivity index (χ4n) is 4.15. The number of hydrogen-bond acceptors (Lipinski definition) is 5. The number of halogens is 2. The monoisotopic (exact) mass is 392 g/mol. The van der Waals surface area contributed by atoms with E-state index in [9.17, 15) is 17.2 Å². The predicted molar refractivity (Wildman–Crippen MR) is 91.6 cm³/mol. The van der Waals surface area contributed by atoms with Crippen LogP contribution in [0.5, 0.6) is 0 Å². The van der Waals surface area contributed by atoms with E-state index in [0.717, 1.165) is 55.8 Å². The quantitative estimate of drug-likeness (QED) is 0.760. The second-order valence-electron chi connectivity index (χ2n) is 7.04. The molecule has 0 unspecified atom stereocenters. The number of nitrogens with one attached hydrogen (secondary N) is 1. The Labute approximate surface area is 152 Å². The third-order valence-corrected chi connectivity index (χ3v) is 6.99. The lowest BCUT2D eigenvalue weighted by atomic mass is 9.87. The molecule has 2 fully saturated rings. The Morgan fingerprint density at radius 2 is 1.96 bits per heavy atom. The molecule has 2 heterocycles. The van der Waals surface area contributed by atoms with Crippen LogP contribution in [0.4, 0.5) is 8.78 Å². The minimum absolute atomic E-state index is 0.0832. The molecule has 1 saturated heterocycles. The first-order chi connectivity index (χ1) is 12.3. The van der Waals surface area contributed by atoms with E-state index < -0.39 is 23.0 Å². The maximum Gasteiger partial charge on any atom is 0.257 e. The molecule has 1 saturated carbocycles. The zero-order chi connectivity index (χ0) is 18.8. The van der Waals surface area contributed by atoms with Crippen molar-refractivity contribution < 1.29 is 21.9 Å². The van der Waals surface area contributed by atoms with Crippen LogP contribution < -0.4 is 4.72 Å². The Morgan fingerprint density at radius 3 is 2.58 bits per heavy atom. The summed E-state index contributed by atoms with van der Waals surface area (Å²) in [7, 11) is -3.82. The number of nitrogens with zero attached hydrogens (tertiary/aromatic N) is 3. The van der Waals surface area contributed by atoms with Gasteiger partial charge >= 0.3 is 0 Å². The van der Waals surface area contributed by atoms with Crippen molar-refractivity contribution in [2.75, 3.05) is 26.3 Å². The van der Waals surface area contributed by atoms with Crippen molar-refractivity contribution in [2.45, 2.75) is 62.1 Å². The molecule has 2 aliphatic rings. The van der Waals surface area contributed by atoms with E-state index in [-0.39, 0.29) is 16.5 Å². The molecule has 1 aromatic rings. The molecule has 148 valence electrons. The van der Waals surface area contributed by atoms with Crippen molar-refractivity contribution >= 4 is 10.0 Å². The fourth-order valence-corrected chi connectivity index (χ4v) is 5.42. The third kappa shape index (κ3) is 4.08. The van der Waals surface area contributed by atoms with Crippen LogP contribution in [0, 0.1) is 0 Å². The van der Waals surface area contributed by atoms with Gasteiger partial charge in [0.1, 0.15) is 11.4 Å². The van der Waals surface area contributed by atoms with Crippen molar-refractivity contribution in [3.05, 3.63) is 12.4 Å². The molecule has 1 aliphatic carbocycles. The Balaban J connectivity index is 1.75. The van der Waals surface area contributed by atoms with E-state index in [1.54, 1.807) is 0 Å². The van der Waals surface area contributed by atoms with Crippen LogP contribution in [0.1, 0.15) is 32.6 Å². The number of hydrogen-bond donors (Lipinski definition) is 1. The summed E-state index contributed by atoms with van der Waals surface area (Å²) in [6.45, 7) is 4.16. The number of ether oxygens (including phenoxy) is 1. The van der Waals surface area contributed by atoms with Crippen LogP contribution in [0.2, 0.25) is 0 Å². The number of sulfonamides is 1. The molecule has 0 bridgehead atoms. The molecule has 10 heteroatoms. The van der Waals surface area contributed by atoms with E-state index in [1.165, 1.54) is 0 Å². The lowest BCUT2D eigenvalue weighted by Gasteiger charge is -2.47. The highest BCUT2D eigenvalue weighted by atomic mass is 32.2. The van der Waals surface area contributed by atoms with Crippen LogP contribution in [0.15, 0.2) is 17.3 Å². The maximum atomic E-state index is 12.7. The molecule has 1 N–H and O–H groups in total. The van der Waals surface area contributed by atoms with Gasteiger partial charge in [0.05, 0.1) is 19.4 Å². The molecule has 26 heavy (non-hydrogen) atoms. The summed E-state index contributed by atoms with van der Waals surface area (Å²) in [6, 6.07) is -0.299. The van der Waals surface area contributed by atoms with Gasteiger partial charge in [-0.25, -0.2) is 21.9 Å². The maximum absolute atomic E-state index is 12.7. The first kappa shape index (κ1) is 19.7. The van der Waals surface area contributed by atoms with Gasteiger partial charge in [0, 0.05) is 30.9 Å². The topological polar surface area (TPSA) is 76.5 Å². The van der Waals surface area contributed by atoms with Gasteiger partial charge in [0.15, 0.2) is 0 Å². The van der Waals surface area contributed by atoms with Crippen LogP contribution >= 0.6 is 0 Å². The van der Waals surface area contributed by atoms with Crippen molar-refractivity contribution in [2.24, 2.45) is 0 Å². The first-order valence-corrected chi connectivity index (χ1v) is 10.5. The Morgan fingerprint density at radius 1 is 1.31 bits per heavy atom. The first-order valence-electron chi connectivity index (χ1n) is 8.99. The molecule has 0 spiro atoms. The predicted octanol–water partition coefficient (Wildman–Crippen LogP) is 1.46. The van der Waals surface area contributed by atoms with Crippen LogP contribution in [0.25, 0.3) is 0 Å². The molecule has 7 nitrogen and oxygen atoms in total. The summed E-state index contributed by atoms with van der Waals surface area (Å²) in [5.74, 6) is 0. The summed E-state index contributed by atoms with van der Waals surface area (Å²) in [5.41, 5.74) is -0.226. The third-order valence-electron chi connectivity index (χ3n) is 5.49. The van der Waals surface area contributed by atoms with Gasteiger partial charge in [0.25, 0.3) is 6.43 Å². The number of morpholine rings is 1. The summed E-state index contributed by atoms with van der Waals surface area (Å²) in [4.78, 5) is 2.26. The van der Waals surface area contributed by atoms with Gasteiger partial charge in [0.2, 0.25) is 10.0 Å². The van der Waals surface area contributed by atoms with Crippen LogP contribution in [0.3, 0.4) is 0 Å². The van der Waals surface area contributed by atoms with E-state index in [4.69, 9.17) is 4.74 Å². The highest BCUT2D eigenvalue weighted by molar-refractivity contribution is 7.89. The Kier molecular flexibility index (Phi) is 5.95. The second kappa shape index (κ2) is 7.87. The fraction of sp³-hybridized carbons (Fsp3) is 0.812. The van der Waals surface area contributed by atoms with E-state index in [2.05, 4.69) is 14.7 Å². The SMILES string of the molecule is C[C@@H](NS(=O)(=O)c1cnn(CC(F)F)c1)C1(N2CCOCC2)CCCC1. The average Bonchev–Trinajstić information content (AvgIpc) is 3.25. The lowest BCUT2D eigenvalue weighted by molar-refractivity contribution is -0.0304. The highest BCUT2D eigenvalue weighted by Gasteiger charge is 2.45. The van der Waals surface area contributed by atoms with Gasteiger partial charge in [-0.05, 0) is 19.8 Å². The molecular formula is C16H26F2N4O3S. The molecule has 1 atom stereocenters. The largest absolute Gasteiger partial charge is 0.379 e. The van der Waals surface area contributed by atoms with Crippen molar-refractivity contribution in [3.8, 4) is 0 Å². The molecule has 0 amide bonds. The van der Waals surface area contributed by atoms with Crippen molar-refractivity contribution in [1.82, 2.24) is 19.4 Å². The molecule has 1 aliphatic heterocycles. The molecule has 1 aromatic heterocycles. The van der Waals surface area contributed by atoms with Crippen molar-refractivity contribution in [3.63, 3.8) is 0 Å². The van der Waals surface area contributed by atoms with Gasteiger partial charge < -0.3 is 4.74 Å². The standard InChI is InChI=1S/C16H26F2N4O3S/c1-13(16(4-2-3-5-16)21-6-8-25-9-7-21)20-26(23,24)14-10-19-22(11-14)12-15(17)18/h10-11,13,15,20H,2-9,12H2,1H3/t13-/m1/s1. The van der Waals surface area contributed by atoms with E-state index in [1.807, 2.05) is 6.92 Å². The average molecular weight is 392 g/mol. The molecule has 3 rings (SSSR count). The second-order valence-corrected chi connectivity index (χ2v) is 8.76. The Bertz CT molecular complexity index is 698. The zero-order valence-electron chi connectivity index (χ0n) is 14.9. The van der Waals surface area contributed by atoms with Crippen LogP contribution in [-0.2, 0) is 21.3 Å². The number of alkyl halides is 2. The van der Waals surface area contributed by atoms with E-state index >= 15 is 0 Å².